The number of carbonyl (C=O) groups excluding carboxylic acids is 1. The molecule has 0 fully saturated rings. The number of amides is 1. The lowest BCUT2D eigenvalue weighted by molar-refractivity contribution is 0.0965. The van der Waals surface area contributed by atoms with E-state index in [1.54, 1.807) is 6.20 Å². The first-order valence-electron chi connectivity index (χ1n) is 6.28. The Hall–Kier alpha value is -2.43. The average Bonchev–Trinajstić information content (AvgIpc) is 2.79. The van der Waals surface area contributed by atoms with Crippen molar-refractivity contribution in [3.63, 3.8) is 0 Å². The zero-order valence-corrected chi connectivity index (χ0v) is 10.9. The molecule has 1 N–H and O–H groups in total. The number of pyridine rings is 1. The molecule has 0 saturated carbocycles. The molecule has 1 aliphatic heterocycles. The summed E-state index contributed by atoms with van der Waals surface area (Å²) in [4.78, 5) is 15.7. The predicted octanol–water partition coefficient (Wildman–Crippen LogP) is 2.35. The second-order valence-electron chi connectivity index (χ2n) is 4.74. The van der Waals surface area contributed by atoms with Crippen molar-refractivity contribution in [2.45, 2.75) is 20.1 Å². The smallest absolute Gasteiger partial charge is 0.252 e. The highest BCUT2D eigenvalue weighted by molar-refractivity contribution is 5.98. The summed E-state index contributed by atoms with van der Waals surface area (Å²) < 4.78 is 19.3. The van der Waals surface area contributed by atoms with Crippen molar-refractivity contribution in [1.29, 1.82) is 0 Å². The van der Waals surface area contributed by atoms with Crippen LogP contribution in [0.3, 0.4) is 0 Å². The summed E-state index contributed by atoms with van der Waals surface area (Å²) in [5, 5.41) is 2.65. The van der Waals surface area contributed by atoms with Gasteiger partial charge in [0.2, 0.25) is 0 Å². The average molecular weight is 272 g/mol. The molecule has 0 unspecified atom stereocenters. The molecule has 0 spiro atoms. The fourth-order valence-corrected chi connectivity index (χ4v) is 2.07. The molecule has 0 saturated heterocycles. The van der Waals surface area contributed by atoms with Crippen molar-refractivity contribution in [2.75, 3.05) is 0 Å². The summed E-state index contributed by atoms with van der Waals surface area (Å²) in [5.74, 6) is -0.589. The SMILES string of the molecule is Cc1ccc(COc2cc3c(cc2F)CNC3=O)nc1. The van der Waals surface area contributed by atoms with Crippen LogP contribution in [-0.2, 0) is 13.2 Å². The lowest BCUT2D eigenvalue weighted by Crippen LogP contribution is -2.12. The van der Waals surface area contributed by atoms with Crippen LogP contribution in [0.4, 0.5) is 4.39 Å². The minimum Gasteiger partial charge on any atom is -0.484 e. The number of hydrogen-bond acceptors (Lipinski definition) is 3. The molecule has 0 atom stereocenters. The lowest BCUT2D eigenvalue weighted by Gasteiger charge is -2.08. The number of rotatable bonds is 3. The van der Waals surface area contributed by atoms with Crippen molar-refractivity contribution in [3.8, 4) is 5.75 Å². The largest absolute Gasteiger partial charge is 0.484 e. The first kappa shape index (κ1) is 12.6. The molecule has 1 aromatic heterocycles. The number of nitrogens with one attached hydrogen (secondary N) is 1. The van der Waals surface area contributed by atoms with Gasteiger partial charge in [-0.05, 0) is 36.2 Å². The van der Waals surface area contributed by atoms with Gasteiger partial charge in [-0.3, -0.25) is 9.78 Å². The van der Waals surface area contributed by atoms with Gasteiger partial charge in [0.25, 0.3) is 5.91 Å². The summed E-state index contributed by atoms with van der Waals surface area (Å²) in [6.07, 6.45) is 1.73. The standard InChI is InChI=1S/C15H13FN2O2/c1-9-2-3-11(17-6-9)8-20-14-5-12-10(4-13(14)16)7-18-15(12)19/h2-6H,7-8H2,1H3,(H,18,19). The van der Waals surface area contributed by atoms with E-state index in [9.17, 15) is 9.18 Å². The van der Waals surface area contributed by atoms with Crippen molar-refractivity contribution < 1.29 is 13.9 Å². The highest BCUT2D eigenvalue weighted by Gasteiger charge is 2.21. The van der Waals surface area contributed by atoms with Crippen LogP contribution in [-0.4, -0.2) is 10.9 Å². The summed E-state index contributed by atoms with van der Waals surface area (Å²) in [7, 11) is 0. The maximum atomic E-state index is 13.9. The monoisotopic (exact) mass is 272 g/mol. The molecule has 1 aromatic carbocycles. The minimum absolute atomic E-state index is 0.0724. The highest BCUT2D eigenvalue weighted by Crippen LogP contribution is 2.26. The topological polar surface area (TPSA) is 51.2 Å². The molecule has 1 aliphatic rings. The number of nitrogens with zero attached hydrogens (tertiary/aromatic N) is 1. The second-order valence-corrected chi connectivity index (χ2v) is 4.74. The van der Waals surface area contributed by atoms with Crippen LogP contribution >= 0.6 is 0 Å². The number of ether oxygens (including phenoxy) is 1. The van der Waals surface area contributed by atoms with E-state index < -0.39 is 5.82 Å². The van der Waals surface area contributed by atoms with Gasteiger partial charge in [-0.1, -0.05) is 6.07 Å². The Morgan fingerprint density at radius 2 is 2.25 bits per heavy atom. The van der Waals surface area contributed by atoms with E-state index >= 15 is 0 Å². The van der Waals surface area contributed by atoms with E-state index in [-0.39, 0.29) is 18.3 Å². The van der Waals surface area contributed by atoms with Gasteiger partial charge in [0.15, 0.2) is 11.6 Å². The van der Waals surface area contributed by atoms with Crippen LogP contribution in [0.1, 0.15) is 27.2 Å². The van der Waals surface area contributed by atoms with Crippen molar-refractivity contribution in [1.82, 2.24) is 10.3 Å². The normalized spacial score (nSPS) is 13.0. The van der Waals surface area contributed by atoms with Crippen LogP contribution in [0.2, 0.25) is 0 Å². The molecule has 5 heteroatoms. The van der Waals surface area contributed by atoms with Crippen LogP contribution in [0.15, 0.2) is 30.5 Å². The third-order valence-corrected chi connectivity index (χ3v) is 3.19. The summed E-state index contributed by atoms with van der Waals surface area (Å²) >= 11 is 0. The fraction of sp³-hybridized carbons (Fsp3) is 0.200. The first-order chi connectivity index (χ1) is 9.63. The maximum absolute atomic E-state index is 13.9. The number of benzene rings is 1. The molecule has 20 heavy (non-hydrogen) atoms. The Kier molecular flexibility index (Phi) is 3.10. The first-order valence-corrected chi connectivity index (χ1v) is 6.28. The van der Waals surface area contributed by atoms with Gasteiger partial charge in [0.1, 0.15) is 6.61 Å². The van der Waals surface area contributed by atoms with Crippen LogP contribution in [0, 0.1) is 12.7 Å². The second kappa shape index (κ2) is 4.92. The molecule has 2 aromatic rings. The van der Waals surface area contributed by atoms with Gasteiger partial charge >= 0.3 is 0 Å². The van der Waals surface area contributed by atoms with E-state index in [0.29, 0.717) is 23.4 Å². The lowest BCUT2D eigenvalue weighted by atomic mass is 10.1. The molecule has 0 aliphatic carbocycles. The zero-order valence-electron chi connectivity index (χ0n) is 10.9. The maximum Gasteiger partial charge on any atom is 0.252 e. The van der Waals surface area contributed by atoms with Crippen molar-refractivity contribution in [2.24, 2.45) is 0 Å². The Morgan fingerprint density at radius 3 is 3.00 bits per heavy atom. The van der Waals surface area contributed by atoms with E-state index in [0.717, 1.165) is 5.56 Å². The van der Waals surface area contributed by atoms with Crippen molar-refractivity contribution in [3.05, 3.63) is 58.7 Å². The third-order valence-electron chi connectivity index (χ3n) is 3.19. The fourth-order valence-electron chi connectivity index (χ4n) is 2.07. The molecular formula is C15H13FN2O2. The number of carbonyl (C=O) groups is 1. The van der Waals surface area contributed by atoms with Crippen LogP contribution in [0.5, 0.6) is 5.75 Å². The highest BCUT2D eigenvalue weighted by atomic mass is 19.1. The molecule has 0 bridgehead atoms. The van der Waals surface area contributed by atoms with Crippen LogP contribution in [0.25, 0.3) is 0 Å². The van der Waals surface area contributed by atoms with Gasteiger partial charge in [-0.15, -0.1) is 0 Å². The summed E-state index contributed by atoms with van der Waals surface area (Å²) in [6, 6.07) is 6.53. The molecule has 0 radical (unpaired) electrons. The Balaban J connectivity index is 1.79. The molecule has 4 nitrogen and oxygen atoms in total. The van der Waals surface area contributed by atoms with E-state index in [1.807, 2.05) is 19.1 Å². The van der Waals surface area contributed by atoms with E-state index in [2.05, 4.69) is 10.3 Å². The van der Waals surface area contributed by atoms with Gasteiger partial charge in [-0.25, -0.2) is 4.39 Å². The molecule has 102 valence electrons. The molecular weight excluding hydrogens is 259 g/mol. The Labute approximate surface area is 115 Å². The van der Waals surface area contributed by atoms with Crippen molar-refractivity contribution >= 4 is 5.91 Å². The van der Waals surface area contributed by atoms with Gasteiger partial charge < -0.3 is 10.1 Å². The number of hydrogen-bond donors (Lipinski definition) is 1. The van der Waals surface area contributed by atoms with Gasteiger partial charge in [-0.2, -0.15) is 0 Å². The minimum atomic E-state index is -0.465. The number of halogens is 1. The summed E-state index contributed by atoms with van der Waals surface area (Å²) in [6.45, 7) is 2.47. The molecule has 1 amide bonds. The number of aryl methyl sites for hydroxylation is 1. The Bertz CT molecular complexity index is 668. The molecule has 2 heterocycles. The van der Waals surface area contributed by atoms with Crippen LogP contribution < -0.4 is 10.1 Å². The van der Waals surface area contributed by atoms with E-state index in [4.69, 9.17) is 4.74 Å². The predicted molar refractivity (Wildman–Crippen MR) is 70.9 cm³/mol. The number of aromatic nitrogens is 1. The Morgan fingerprint density at radius 1 is 1.40 bits per heavy atom. The summed E-state index contributed by atoms with van der Waals surface area (Å²) in [5.41, 5.74) is 2.89. The van der Waals surface area contributed by atoms with Gasteiger partial charge in [0.05, 0.1) is 5.69 Å². The van der Waals surface area contributed by atoms with Gasteiger partial charge in [0, 0.05) is 18.3 Å². The third kappa shape index (κ3) is 2.34. The van der Waals surface area contributed by atoms with E-state index in [1.165, 1.54) is 12.1 Å². The number of fused-ring (bicyclic) bond motifs is 1. The quantitative estimate of drug-likeness (QED) is 0.933. The zero-order chi connectivity index (χ0) is 14.1. The molecule has 3 rings (SSSR count).